The molecule has 3 fully saturated rings. The zero-order valence-electron chi connectivity index (χ0n) is 21.9. The van der Waals surface area contributed by atoms with E-state index < -0.39 is 0 Å². The minimum atomic E-state index is -0.362. The van der Waals surface area contributed by atoms with Gasteiger partial charge in [0.25, 0.3) is 11.8 Å². The van der Waals surface area contributed by atoms with Gasteiger partial charge >= 0.3 is 0 Å². The van der Waals surface area contributed by atoms with Crippen molar-refractivity contribution >= 4 is 29.1 Å². The molecule has 2 amide bonds. The molecule has 4 aliphatic rings. The summed E-state index contributed by atoms with van der Waals surface area (Å²) in [6.07, 6.45) is 10.7. The van der Waals surface area contributed by atoms with E-state index in [9.17, 15) is 9.59 Å². The van der Waals surface area contributed by atoms with Gasteiger partial charge in [-0.2, -0.15) is 0 Å². The number of rotatable bonds is 4. The first-order chi connectivity index (χ1) is 17.8. The number of para-hydroxylation sites is 1. The highest BCUT2D eigenvalue weighted by molar-refractivity contribution is 6.34. The van der Waals surface area contributed by atoms with Crippen molar-refractivity contribution in [3.05, 3.63) is 76.8 Å². The van der Waals surface area contributed by atoms with Crippen LogP contribution in [-0.2, 0) is 16.1 Å². The zero-order chi connectivity index (χ0) is 25.8. The Hall–Kier alpha value is -2.59. The Morgan fingerprint density at radius 1 is 0.973 bits per heavy atom. The van der Waals surface area contributed by atoms with Crippen molar-refractivity contribution in [3.63, 3.8) is 0 Å². The van der Waals surface area contributed by atoms with Crippen molar-refractivity contribution in [2.45, 2.75) is 71.4 Å². The average molecular weight is 517 g/mol. The second kappa shape index (κ2) is 9.31. The van der Waals surface area contributed by atoms with Gasteiger partial charge in [-0.25, -0.2) is 0 Å². The SMILES string of the molecule is C[C@@]12CCC[C@H]1[C@@H]1CCC3N(Cc4ccccc4)C(=O)C(C(=O)Nc4ccccc4Cl)=C[C@]3(C)[C@@H]1CC2. The van der Waals surface area contributed by atoms with Crippen molar-refractivity contribution < 1.29 is 9.59 Å². The molecular formula is C32H37ClN2O2. The molecule has 1 N–H and O–H groups in total. The van der Waals surface area contributed by atoms with Gasteiger partial charge in [0, 0.05) is 18.0 Å². The fourth-order valence-electron chi connectivity index (χ4n) is 8.60. The number of hydrogen-bond donors (Lipinski definition) is 1. The van der Waals surface area contributed by atoms with Crippen LogP contribution in [0, 0.1) is 28.6 Å². The molecule has 194 valence electrons. The summed E-state index contributed by atoms with van der Waals surface area (Å²) in [6.45, 7) is 5.37. The van der Waals surface area contributed by atoms with E-state index in [1.54, 1.807) is 12.1 Å². The molecule has 1 unspecified atom stereocenters. The molecule has 0 saturated heterocycles. The number of amides is 2. The molecule has 0 bridgehead atoms. The van der Waals surface area contributed by atoms with Crippen LogP contribution in [0.5, 0.6) is 0 Å². The lowest BCUT2D eigenvalue weighted by atomic mass is 9.48. The molecule has 6 rings (SSSR count). The van der Waals surface area contributed by atoms with E-state index in [1.165, 1.54) is 38.5 Å². The summed E-state index contributed by atoms with van der Waals surface area (Å²) in [6, 6.07) is 17.5. The summed E-state index contributed by atoms with van der Waals surface area (Å²) in [7, 11) is 0. The molecule has 1 aliphatic heterocycles. The van der Waals surface area contributed by atoms with E-state index >= 15 is 0 Å². The van der Waals surface area contributed by atoms with E-state index in [2.05, 4.69) is 37.4 Å². The predicted octanol–water partition coefficient (Wildman–Crippen LogP) is 7.25. The van der Waals surface area contributed by atoms with Crippen LogP contribution < -0.4 is 5.32 Å². The minimum absolute atomic E-state index is 0.101. The lowest BCUT2D eigenvalue weighted by Gasteiger charge is -2.60. The highest BCUT2D eigenvalue weighted by Gasteiger charge is 2.59. The maximum absolute atomic E-state index is 14.0. The molecule has 5 heteroatoms. The highest BCUT2D eigenvalue weighted by Crippen LogP contribution is 2.64. The normalized spacial score (nSPS) is 34.7. The number of nitrogens with zero attached hydrogens (tertiary/aromatic N) is 1. The number of anilines is 1. The number of carbonyl (C=O) groups is 2. The Morgan fingerprint density at radius 3 is 2.51 bits per heavy atom. The Balaban J connectivity index is 1.39. The summed E-state index contributed by atoms with van der Waals surface area (Å²) >= 11 is 6.34. The quantitative estimate of drug-likeness (QED) is 0.435. The van der Waals surface area contributed by atoms with Crippen molar-refractivity contribution in [2.75, 3.05) is 5.32 Å². The molecule has 1 heterocycles. The second-order valence-corrected chi connectivity index (χ2v) is 12.7. The molecule has 6 atom stereocenters. The van der Waals surface area contributed by atoms with E-state index in [-0.39, 0.29) is 28.8 Å². The van der Waals surface area contributed by atoms with Gasteiger partial charge in [-0.3, -0.25) is 9.59 Å². The minimum Gasteiger partial charge on any atom is -0.330 e. The highest BCUT2D eigenvalue weighted by atomic mass is 35.5. The van der Waals surface area contributed by atoms with Gasteiger partial charge in [0.05, 0.1) is 10.7 Å². The van der Waals surface area contributed by atoms with Crippen LogP contribution in [0.2, 0.25) is 5.02 Å². The third-order valence-electron chi connectivity index (χ3n) is 10.4. The summed E-state index contributed by atoms with van der Waals surface area (Å²) in [4.78, 5) is 29.7. The van der Waals surface area contributed by atoms with Gasteiger partial charge in [-0.15, -0.1) is 0 Å². The monoisotopic (exact) mass is 516 g/mol. The second-order valence-electron chi connectivity index (χ2n) is 12.3. The average Bonchev–Trinajstić information content (AvgIpc) is 3.29. The lowest BCUT2D eigenvalue weighted by molar-refractivity contribution is -0.144. The fraction of sp³-hybridized carbons (Fsp3) is 0.500. The Labute approximate surface area is 225 Å². The number of benzene rings is 2. The molecule has 0 radical (unpaired) electrons. The maximum atomic E-state index is 14.0. The first-order valence-electron chi connectivity index (χ1n) is 13.9. The molecule has 3 saturated carbocycles. The number of carbonyl (C=O) groups excluding carboxylic acids is 2. The van der Waals surface area contributed by atoms with Gasteiger partial charge in [-0.05, 0) is 79.4 Å². The summed E-state index contributed by atoms with van der Waals surface area (Å²) in [5.74, 6) is 1.38. The molecule has 2 aromatic carbocycles. The lowest BCUT2D eigenvalue weighted by Crippen LogP contribution is -2.61. The van der Waals surface area contributed by atoms with Crippen LogP contribution in [0.1, 0.15) is 64.4 Å². The number of nitrogens with one attached hydrogen (secondary N) is 1. The smallest absolute Gasteiger partial charge is 0.260 e. The third-order valence-corrected chi connectivity index (χ3v) is 10.7. The fourth-order valence-corrected chi connectivity index (χ4v) is 8.79. The molecule has 0 aromatic heterocycles. The summed E-state index contributed by atoms with van der Waals surface area (Å²) in [5.41, 5.74) is 2.12. The molecule has 4 nitrogen and oxygen atoms in total. The topological polar surface area (TPSA) is 49.4 Å². The predicted molar refractivity (Wildman–Crippen MR) is 148 cm³/mol. The number of fused-ring (bicyclic) bond motifs is 5. The maximum Gasteiger partial charge on any atom is 0.260 e. The van der Waals surface area contributed by atoms with Gasteiger partial charge in [0.2, 0.25) is 0 Å². The number of hydrogen-bond acceptors (Lipinski definition) is 2. The van der Waals surface area contributed by atoms with Gasteiger partial charge in [0.1, 0.15) is 5.57 Å². The van der Waals surface area contributed by atoms with Crippen molar-refractivity contribution in [1.29, 1.82) is 0 Å². The first kappa shape index (κ1) is 24.7. The molecule has 37 heavy (non-hydrogen) atoms. The van der Waals surface area contributed by atoms with Crippen molar-refractivity contribution in [2.24, 2.45) is 28.6 Å². The van der Waals surface area contributed by atoms with Gasteiger partial charge in [0.15, 0.2) is 0 Å². The third kappa shape index (κ3) is 4.12. The van der Waals surface area contributed by atoms with E-state index in [0.717, 1.165) is 17.9 Å². The van der Waals surface area contributed by atoms with E-state index in [0.29, 0.717) is 34.5 Å². The van der Waals surface area contributed by atoms with Crippen molar-refractivity contribution in [3.8, 4) is 0 Å². The zero-order valence-corrected chi connectivity index (χ0v) is 22.6. The van der Waals surface area contributed by atoms with Crippen LogP contribution in [0.3, 0.4) is 0 Å². The first-order valence-corrected chi connectivity index (χ1v) is 14.3. The molecule has 0 spiro atoms. The Bertz CT molecular complexity index is 1240. The van der Waals surface area contributed by atoms with Gasteiger partial charge < -0.3 is 10.2 Å². The standard InChI is InChI=1S/C32H37ClN2O2/c1-31-17-8-11-24(31)22-14-15-28-32(2,25(22)16-18-31)19-23(29(36)34-27-13-7-6-12-26(27)33)30(37)35(28)20-21-9-4-3-5-10-21/h3-7,9-10,12-13,19,22,24-25,28H,8,11,14-18,20H2,1-2H3,(H,34,36)/t22-,24-,25+,28?,31-,32+/m0/s1. The number of halogens is 1. The van der Waals surface area contributed by atoms with Crippen LogP contribution in [-0.4, -0.2) is 22.8 Å². The molecule has 3 aliphatic carbocycles. The van der Waals surface area contributed by atoms with Crippen LogP contribution >= 0.6 is 11.6 Å². The van der Waals surface area contributed by atoms with E-state index in [1.807, 2.05) is 35.2 Å². The van der Waals surface area contributed by atoms with Crippen molar-refractivity contribution in [1.82, 2.24) is 4.90 Å². The Kier molecular flexibility index (Phi) is 6.22. The van der Waals surface area contributed by atoms with E-state index in [4.69, 9.17) is 11.6 Å². The molecular weight excluding hydrogens is 480 g/mol. The van der Waals surface area contributed by atoms with Crippen LogP contribution in [0.25, 0.3) is 0 Å². The van der Waals surface area contributed by atoms with Crippen LogP contribution in [0.15, 0.2) is 66.2 Å². The largest absolute Gasteiger partial charge is 0.330 e. The summed E-state index contributed by atoms with van der Waals surface area (Å²) < 4.78 is 0. The summed E-state index contributed by atoms with van der Waals surface area (Å²) in [5, 5.41) is 3.40. The molecule has 2 aromatic rings. The van der Waals surface area contributed by atoms with Gasteiger partial charge in [-0.1, -0.05) is 80.4 Å². The Morgan fingerprint density at radius 2 is 1.73 bits per heavy atom. The van der Waals surface area contributed by atoms with Crippen LogP contribution in [0.4, 0.5) is 5.69 Å².